The Morgan fingerprint density at radius 2 is 1.69 bits per heavy atom. The number of carbonyl (C=O) groups excluding carboxylic acids is 1. The lowest BCUT2D eigenvalue weighted by molar-refractivity contribution is -0.139. The van der Waals surface area contributed by atoms with Gasteiger partial charge in [0.2, 0.25) is 0 Å². The number of aliphatic carboxylic acids is 1. The summed E-state index contributed by atoms with van der Waals surface area (Å²) >= 11 is 0. The molecule has 3 N–H and O–H groups in total. The zero-order valence-electron chi connectivity index (χ0n) is 9.40. The molecule has 2 aliphatic carbocycles. The molecule has 0 bridgehead atoms. The van der Waals surface area contributed by atoms with Crippen molar-refractivity contribution in [3.63, 3.8) is 0 Å². The lowest BCUT2D eigenvalue weighted by Gasteiger charge is -2.17. The van der Waals surface area contributed by atoms with E-state index in [2.05, 4.69) is 10.6 Å². The third-order valence-corrected chi connectivity index (χ3v) is 3.33. The number of carboxylic acid groups (broad SMARTS) is 1. The second kappa shape index (κ2) is 4.31. The van der Waals surface area contributed by atoms with Crippen LogP contribution in [0.2, 0.25) is 0 Å². The van der Waals surface area contributed by atoms with E-state index < -0.39 is 12.0 Å². The molecule has 5 heteroatoms. The molecule has 16 heavy (non-hydrogen) atoms. The lowest BCUT2D eigenvalue weighted by Crippen LogP contribution is -2.49. The summed E-state index contributed by atoms with van der Waals surface area (Å²) in [5.74, 6) is -0.230. The summed E-state index contributed by atoms with van der Waals surface area (Å²) in [6.45, 7) is 1.96. The first kappa shape index (κ1) is 11.2. The Morgan fingerprint density at radius 3 is 2.12 bits per heavy atom. The minimum absolute atomic E-state index is 0.125. The van der Waals surface area contributed by atoms with E-state index in [0.717, 1.165) is 25.7 Å². The SMILES string of the molecule is CC(NC(=O)NC(C(=O)O)C1CC1)C1CC1. The summed E-state index contributed by atoms with van der Waals surface area (Å²) in [6, 6.07) is -0.918. The van der Waals surface area contributed by atoms with Gasteiger partial charge in [0.15, 0.2) is 0 Å². The third-order valence-electron chi connectivity index (χ3n) is 3.33. The molecule has 0 radical (unpaired) electrons. The van der Waals surface area contributed by atoms with Crippen LogP contribution in [-0.2, 0) is 4.79 Å². The number of nitrogens with one attached hydrogen (secondary N) is 2. The van der Waals surface area contributed by atoms with E-state index in [-0.39, 0.29) is 18.0 Å². The number of carbonyl (C=O) groups is 2. The molecule has 2 saturated carbocycles. The topological polar surface area (TPSA) is 78.4 Å². The Hall–Kier alpha value is -1.26. The van der Waals surface area contributed by atoms with Crippen LogP contribution in [0.15, 0.2) is 0 Å². The van der Waals surface area contributed by atoms with Crippen molar-refractivity contribution in [3.8, 4) is 0 Å². The smallest absolute Gasteiger partial charge is 0.326 e. The summed E-state index contributed by atoms with van der Waals surface area (Å²) in [5, 5.41) is 14.3. The van der Waals surface area contributed by atoms with Gasteiger partial charge in [-0.15, -0.1) is 0 Å². The molecule has 2 atom stereocenters. The summed E-state index contributed by atoms with van der Waals surface area (Å²) in [5.41, 5.74) is 0. The first-order valence-corrected chi connectivity index (χ1v) is 5.87. The lowest BCUT2D eigenvalue weighted by atomic mass is 10.2. The first-order valence-electron chi connectivity index (χ1n) is 5.87. The summed E-state index contributed by atoms with van der Waals surface area (Å²) in [4.78, 5) is 22.5. The van der Waals surface area contributed by atoms with Gasteiger partial charge in [-0.2, -0.15) is 0 Å². The van der Waals surface area contributed by atoms with E-state index in [1.807, 2.05) is 6.92 Å². The van der Waals surface area contributed by atoms with Gasteiger partial charge in [-0.05, 0) is 44.4 Å². The van der Waals surface area contributed by atoms with Crippen LogP contribution in [0.1, 0.15) is 32.6 Å². The largest absolute Gasteiger partial charge is 0.480 e. The maximum atomic E-state index is 11.5. The fourth-order valence-electron chi connectivity index (χ4n) is 1.91. The van der Waals surface area contributed by atoms with E-state index in [0.29, 0.717) is 5.92 Å². The highest BCUT2D eigenvalue weighted by molar-refractivity contribution is 5.83. The van der Waals surface area contributed by atoms with Crippen LogP contribution in [0.3, 0.4) is 0 Å². The molecule has 2 aliphatic rings. The summed E-state index contributed by atoms with van der Waals surface area (Å²) in [7, 11) is 0. The van der Waals surface area contributed by atoms with Gasteiger partial charge in [-0.1, -0.05) is 0 Å². The zero-order valence-corrected chi connectivity index (χ0v) is 9.40. The van der Waals surface area contributed by atoms with Crippen molar-refractivity contribution in [1.29, 1.82) is 0 Å². The number of carboxylic acids is 1. The Bertz CT molecular complexity index is 298. The van der Waals surface area contributed by atoms with Crippen molar-refractivity contribution in [1.82, 2.24) is 10.6 Å². The van der Waals surface area contributed by atoms with Crippen molar-refractivity contribution in [2.24, 2.45) is 11.8 Å². The quantitative estimate of drug-likeness (QED) is 0.653. The highest BCUT2D eigenvalue weighted by Gasteiger charge is 2.38. The Kier molecular flexibility index (Phi) is 3.03. The molecule has 0 aromatic heterocycles. The molecular formula is C11H18N2O3. The minimum Gasteiger partial charge on any atom is -0.480 e. The number of rotatable bonds is 5. The third kappa shape index (κ3) is 2.87. The molecule has 2 amide bonds. The number of amides is 2. The van der Waals surface area contributed by atoms with Gasteiger partial charge in [0, 0.05) is 6.04 Å². The van der Waals surface area contributed by atoms with Gasteiger partial charge < -0.3 is 15.7 Å². The van der Waals surface area contributed by atoms with Crippen LogP contribution in [0, 0.1) is 11.8 Å². The second-order valence-electron chi connectivity index (χ2n) is 4.90. The molecule has 0 aliphatic heterocycles. The molecule has 0 aromatic rings. The van der Waals surface area contributed by atoms with Crippen molar-refractivity contribution in [2.45, 2.75) is 44.7 Å². The van der Waals surface area contributed by atoms with Crippen molar-refractivity contribution in [2.75, 3.05) is 0 Å². The first-order chi connectivity index (χ1) is 7.58. The molecule has 5 nitrogen and oxygen atoms in total. The van der Waals surface area contributed by atoms with Crippen LogP contribution in [-0.4, -0.2) is 29.2 Å². The van der Waals surface area contributed by atoms with Gasteiger partial charge in [0.25, 0.3) is 0 Å². The van der Waals surface area contributed by atoms with E-state index >= 15 is 0 Å². The molecule has 90 valence electrons. The normalized spacial score (nSPS) is 23.3. The molecule has 0 heterocycles. The maximum absolute atomic E-state index is 11.5. The van der Waals surface area contributed by atoms with Gasteiger partial charge in [0.1, 0.15) is 6.04 Å². The monoisotopic (exact) mass is 226 g/mol. The fourth-order valence-corrected chi connectivity index (χ4v) is 1.91. The van der Waals surface area contributed by atoms with E-state index in [4.69, 9.17) is 5.11 Å². The van der Waals surface area contributed by atoms with Crippen LogP contribution < -0.4 is 10.6 Å². The Morgan fingerprint density at radius 1 is 1.12 bits per heavy atom. The average molecular weight is 226 g/mol. The standard InChI is InChI=1S/C11H18N2O3/c1-6(7-2-3-7)12-11(16)13-9(10(14)15)8-4-5-8/h6-9H,2-5H2,1H3,(H,14,15)(H2,12,13,16). The highest BCUT2D eigenvalue weighted by Crippen LogP contribution is 2.33. The van der Waals surface area contributed by atoms with Crippen molar-refractivity contribution >= 4 is 12.0 Å². The molecule has 0 aromatic carbocycles. The van der Waals surface area contributed by atoms with Crippen LogP contribution >= 0.6 is 0 Å². The fraction of sp³-hybridized carbons (Fsp3) is 0.818. The van der Waals surface area contributed by atoms with E-state index in [1.165, 1.54) is 0 Å². The predicted octanol–water partition coefficient (Wildman–Crippen LogP) is 0.947. The van der Waals surface area contributed by atoms with Crippen LogP contribution in [0.4, 0.5) is 4.79 Å². The Labute approximate surface area is 94.6 Å². The molecular weight excluding hydrogens is 208 g/mol. The summed E-state index contributed by atoms with van der Waals surface area (Å²) in [6.07, 6.45) is 4.11. The molecule has 0 spiro atoms. The molecule has 2 fully saturated rings. The molecule has 0 saturated heterocycles. The van der Waals surface area contributed by atoms with Gasteiger partial charge >= 0.3 is 12.0 Å². The van der Waals surface area contributed by atoms with Gasteiger partial charge in [0.05, 0.1) is 0 Å². The van der Waals surface area contributed by atoms with Crippen LogP contribution in [0.25, 0.3) is 0 Å². The molecule has 2 rings (SSSR count). The Balaban J connectivity index is 1.77. The second-order valence-corrected chi connectivity index (χ2v) is 4.90. The van der Waals surface area contributed by atoms with Gasteiger partial charge in [-0.25, -0.2) is 9.59 Å². The van der Waals surface area contributed by atoms with Gasteiger partial charge in [-0.3, -0.25) is 0 Å². The highest BCUT2D eigenvalue weighted by atomic mass is 16.4. The minimum atomic E-state index is -0.934. The maximum Gasteiger partial charge on any atom is 0.326 e. The van der Waals surface area contributed by atoms with E-state index in [9.17, 15) is 9.59 Å². The molecule has 2 unspecified atom stereocenters. The predicted molar refractivity (Wildman–Crippen MR) is 58.0 cm³/mol. The average Bonchev–Trinajstić information content (AvgIpc) is 3.01. The number of urea groups is 1. The zero-order chi connectivity index (χ0) is 11.7. The van der Waals surface area contributed by atoms with Crippen LogP contribution in [0.5, 0.6) is 0 Å². The van der Waals surface area contributed by atoms with Crippen molar-refractivity contribution in [3.05, 3.63) is 0 Å². The van der Waals surface area contributed by atoms with Crippen molar-refractivity contribution < 1.29 is 14.7 Å². The number of hydrogen-bond donors (Lipinski definition) is 3. The van der Waals surface area contributed by atoms with E-state index in [1.54, 1.807) is 0 Å². The number of hydrogen-bond acceptors (Lipinski definition) is 2. The summed E-state index contributed by atoms with van der Waals surface area (Å²) < 4.78 is 0.